The third-order valence-corrected chi connectivity index (χ3v) is 2.71. The lowest BCUT2D eigenvalue weighted by atomic mass is 9.94. The molecule has 2 rings (SSSR count). The first-order chi connectivity index (χ1) is 6.74. The van der Waals surface area contributed by atoms with Crippen molar-refractivity contribution in [2.24, 2.45) is 0 Å². The Labute approximate surface area is 84.1 Å². The zero-order chi connectivity index (χ0) is 10.1. The number of rotatable bonds is 0. The van der Waals surface area contributed by atoms with E-state index >= 15 is 0 Å². The molecule has 1 unspecified atom stereocenters. The van der Waals surface area contributed by atoms with Crippen LogP contribution >= 0.6 is 0 Å². The van der Waals surface area contributed by atoms with Gasteiger partial charge in [0, 0.05) is 18.4 Å². The lowest BCUT2D eigenvalue weighted by molar-refractivity contribution is 0.953. The predicted molar refractivity (Wildman–Crippen MR) is 57.0 cm³/mol. The first kappa shape index (κ1) is 8.83. The van der Waals surface area contributed by atoms with Gasteiger partial charge in [-0.15, -0.1) is 0 Å². The van der Waals surface area contributed by atoms with E-state index in [0.717, 1.165) is 16.9 Å². The molecule has 0 amide bonds. The van der Waals surface area contributed by atoms with E-state index in [0.29, 0.717) is 0 Å². The third kappa shape index (κ3) is 1.18. The fraction of sp³-hybridized carbons (Fsp3) is 0.250. The summed E-state index contributed by atoms with van der Waals surface area (Å²) in [6.07, 6.45) is 2.00. The van der Waals surface area contributed by atoms with E-state index in [9.17, 15) is 0 Å². The molecule has 1 aromatic carbocycles. The molecule has 0 aliphatic carbocycles. The van der Waals surface area contributed by atoms with Crippen molar-refractivity contribution >= 4 is 5.69 Å². The second kappa shape index (κ2) is 3.19. The largest absolute Gasteiger partial charge is 0.348 e. The Balaban J connectivity index is 2.59. The smallest absolute Gasteiger partial charge is 0.0933 e. The molecule has 70 valence electrons. The summed E-state index contributed by atoms with van der Waals surface area (Å²) in [7, 11) is 2.03. The lowest BCUT2D eigenvalue weighted by Crippen LogP contribution is -2.21. The van der Waals surface area contributed by atoms with Crippen LogP contribution in [-0.2, 0) is 0 Å². The second-order valence-corrected chi connectivity index (χ2v) is 3.53. The Morgan fingerprint density at radius 2 is 2.07 bits per heavy atom. The van der Waals surface area contributed by atoms with Gasteiger partial charge in [-0.05, 0) is 24.6 Å². The molecule has 2 nitrogen and oxygen atoms in total. The van der Waals surface area contributed by atoms with E-state index < -0.39 is 0 Å². The van der Waals surface area contributed by atoms with Crippen LogP contribution in [0.3, 0.4) is 0 Å². The number of hydrogen-bond donors (Lipinski definition) is 0. The summed E-state index contributed by atoms with van der Waals surface area (Å²) in [4.78, 5) is 2.11. The molecule has 0 saturated carbocycles. The van der Waals surface area contributed by atoms with Crippen molar-refractivity contribution in [1.29, 1.82) is 5.26 Å². The molecule has 14 heavy (non-hydrogen) atoms. The zero-order valence-corrected chi connectivity index (χ0v) is 8.36. The van der Waals surface area contributed by atoms with E-state index in [2.05, 4.69) is 17.0 Å². The molecular formula is C12H12N2. The summed E-state index contributed by atoms with van der Waals surface area (Å²) in [5.41, 5.74) is 3.37. The minimum absolute atomic E-state index is 0.0950. The Hall–Kier alpha value is -1.75. The number of nitriles is 1. The summed E-state index contributed by atoms with van der Waals surface area (Å²) >= 11 is 0. The Bertz CT molecular complexity index is 426. The number of allylic oxidation sites excluding steroid dienone is 2. The van der Waals surface area contributed by atoms with Gasteiger partial charge in [-0.1, -0.05) is 18.2 Å². The Morgan fingerprint density at radius 1 is 1.36 bits per heavy atom. The van der Waals surface area contributed by atoms with Crippen LogP contribution in [0, 0.1) is 11.3 Å². The Kier molecular flexibility index (Phi) is 2.01. The standard InChI is InChI=1S/C12H12N2/c1-9-7-10(8-13)11-5-3-4-6-12(11)14(9)2/h3-7,10H,1-2H3. The van der Waals surface area contributed by atoms with E-state index in [4.69, 9.17) is 5.26 Å². The van der Waals surface area contributed by atoms with Crippen molar-refractivity contribution < 1.29 is 0 Å². The van der Waals surface area contributed by atoms with E-state index in [-0.39, 0.29) is 5.92 Å². The number of benzene rings is 1. The van der Waals surface area contributed by atoms with Crippen LogP contribution in [0.2, 0.25) is 0 Å². The molecule has 2 heteroatoms. The molecule has 0 fully saturated rings. The lowest BCUT2D eigenvalue weighted by Gasteiger charge is -2.29. The molecule has 1 aliphatic rings. The van der Waals surface area contributed by atoms with Gasteiger partial charge in [0.2, 0.25) is 0 Å². The molecule has 0 spiro atoms. The highest BCUT2D eigenvalue weighted by Gasteiger charge is 2.20. The maximum atomic E-state index is 9.03. The maximum Gasteiger partial charge on any atom is 0.0933 e. The number of para-hydroxylation sites is 1. The summed E-state index contributed by atoms with van der Waals surface area (Å²) in [6.45, 7) is 2.03. The fourth-order valence-corrected chi connectivity index (χ4v) is 1.80. The number of fused-ring (bicyclic) bond motifs is 1. The molecule has 1 aliphatic heterocycles. The van der Waals surface area contributed by atoms with Gasteiger partial charge < -0.3 is 4.90 Å². The van der Waals surface area contributed by atoms with Crippen molar-refractivity contribution in [2.45, 2.75) is 12.8 Å². The molecule has 0 N–H and O–H groups in total. The van der Waals surface area contributed by atoms with Gasteiger partial charge in [-0.2, -0.15) is 5.26 Å². The summed E-state index contributed by atoms with van der Waals surface area (Å²) < 4.78 is 0. The topological polar surface area (TPSA) is 27.0 Å². The fourth-order valence-electron chi connectivity index (χ4n) is 1.80. The van der Waals surface area contributed by atoms with Crippen molar-refractivity contribution in [1.82, 2.24) is 0 Å². The monoisotopic (exact) mass is 184 g/mol. The van der Waals surface area contributed by atoms with Gasteiger partial charge in [0.15, 0.2) is 0 Å². The minimum atomic E-state index is -0.0950. The minimum Gasteiger partial charge on any atom is -0.348 e. The molecule has 0 radical (unpaired) electrons. The molecule has 0 saturated heterocycles. The van der Waals surface area contributed by atoms with Crippen molar-refractivity contribution in [3.8, 4) is 6.07 Å². The van der Waals surface area contributed by atoms with Crippen LogP contribution in [0.5, 0.6) is 0 Å². The van der Waals surface area contributed by atoms with Crippen LogP contribution in [0.4, 0.5) is 5.69 Å². The van der Waals surface area contributed by atoms with Gasteiger partial charge in [0.25, 0.3) is 0 Å². The average molecular weight is 184 g/mol. The molecule has 1 atom stereocenters. The van der Waals surface area contributed by atoms with Crippen molar-refractivity contribution in [2.75, 3.05) is 11.9 Å². The van der Waals surface area contributed by atoms with E-state index in [1.165, 1.54) is 0 Å². The third-order valence-electron chi connectivity index (χ3n) is 2.71. The van der Waals surface area contributed by atoms with Crippen LogP contribution in [0.1, 0.15) is 18.4 Å². The van der Waals surface area contributed by atoms with Crippen LogP contribution in [-0.4, -0.2) is 7.05 Å². The maximum absolute atomic E-state index is 9.03. The highest BCUT2D eigenvalue weighted by atomic mass is 15.1. The van der Waals surface area contributed by atoms with Crippen LogP contribution in [0.15, 0.2) is 36.0 Å². The number of hydrogen-bond acceptors (Lipinski definition) is 2. The summed E-state index contributed by atoms with van der Waals surface area (Å²) in [5.74, 6) is -0.0950. The van der Waals surface area contributed by atoms with Gasteiger partial charge in [-0.25, -0.2) is 0 Å². The molecule has 1 heterocycles. The normalized spacial score (nSPS) is 19.6. The number of nitrogens with zero attached hydrogens (tertiary/aromatic N) is 2. The number of anilines is 1. The summed E-state index contributed by atoms with van der Waals surface area (Å²) in [6, 6.07) is 10.4. The highest BCUT2D eigenvalue weighted by Crippen LogP contribution is 2.34. The van der Waals surface area contributed by atoms with Gasteiger partial charge in [0.05, 0.1) is 12.0 Å². The van der Waals surface area contributed by atoms with Gasteiger partial charge in [-0.3, -0.25) is 0 Å². The Morgan fingerprint density at radius 3 is 2.79 bits per heavy atom. The average Bonchev–Trinajstić information content (AvgIpc) is 2.23. The van der Waals surface area contributed by atoms with Gasteiger partial charge >= 0.3 is 0 Å². The summed E-state index contributed by atoms with van der Waals surface area (Å²) in [5, 5.41) is 9.03. The molecule has 1 aromatic rings. The quantitative estimate of drug-likeness (QED) is 0.619. The van der Waals surface area contributed by atoms with Crippen molar-refractivity contribution in [3.63, 3.8) is 0 Å². The zero-order valence-electron chi connectivity index (χ0n) is 8.36. The predicted octanol–water partition coefficient (Wildman–Crippen LogP) is 2.65. The van der Waals surface area contributed by atoms with E-state index in [1.54, 1.807) is 0 Å². The van der Waals surface area contributed by atoms with Crippen molar-refractivity contribution in [3.05, 3.63) is 41.6 Å². The first-order valence-corrected chi connectivity index (χ1v) is 4.64. The van der Waals surface area contributed by atoms with E-state index in [1.807, 2.05) is 38.2 Å². The molecular weight excluding hydrogens is 172 g/mol. The second-order valence-electron chi connectivity index (χ2n) is 3.53. The molecule has 0 bridgehead atoms. The first-order valence-electron chi connectivity index (χ1n) is 4.64. The van der Waals surface area contributed by atoms with Crippen LogP contribution in [0.25, 0.3) is 0 Å². The highest BCUT2D eigenvalue weighted by molar-refractivity contribution is 5.63. The van der Waals surface area contributed by atoms with Crippen LogP contribution < -0.4 is 4.90 Å². The SMILES string of the molecule is CC1=CC(C#N)c2ccccc2N1C. The molecule has 0 aromatic heterocycles. The van der Waals surface area contributed by atoms with Gasteiger partial charge in [0.1, 0.15) is 0 Å².